The van der Waals surface area contributed by atoms with Gasteiger partial charge >= 0.3 is 0 Å². The summed E-state index contributed by atoms with van der Waals surface area (Å²) in [6.45, 7) is 8.26. The van der Waals surface area contributed by atoms with Gasteiger partial charge in [-0.25, -0.2) is 4.68 Å². The van der Waals surface area contributed by atoms with Gasteiger partial charge in [0.25, 0.3) is 0 Å². The van der Waals surface area contributed by atoms with Gasteiger partial charge in [0, 0.05) is 25.6 Å². The summed E-state index contributed by atoms with van der Waals surface area (Å²) in [7, 11) is -1.08. The molecule has 0 unspecified atom stereocenters. The number of carbonyl (C=O) groups is 1. The van der Waals surface area contributed by atoms with Crippen LogP contribution in [0.15, 0.2) is 48.7 Å². The van der Waals surface area contributed by atoms with Crippen molar-refractivity contribution >= 4 is 24.9 Å². The van der Waals surface area contributed by atoms with E-state index in [1.54, 1.807) is 6.07 Å². The van der Waals surface area contributed by atoms with Crippen molar-refractivity contribution in [3.05, 3.63) is 54.2 Å². The Labute approximate surface area is 154 Å². The summed E-state index contributed by atoms with van der Waals surface area (Å²) in [6, 6.07) is 14.6. The van der Waals surface area contributed by atoms with Gasteiger partial charge in [-0.2, -0.15) is 5.10 Å². The maximum atomic E-state index is 11.4. The van der Waals surface area contributed by atoms with Gasteiger partial charge < -0.3 is 10.5 Å². The minimum absolute atomic E-state index is 0.420. The standard InChI is InChI=1S/C20H25N3O2Si/c1-26(2,3)10-9-25-14-23-19-8-7-16(12-18(19)13-22-23)15-5-4-6-17(11-15)20(21)24/h4-8,11-13H,9-10,14H2,1-3H3,(H2,21,24). The molecule has 3 aromatic rings. The Morgan fingerprint density at radius 1 is 1.15 bits per heavy atom. The van der Waals surface area contributed by atoms with Crippen molar-refractivity contribution < 1.29 is 9.53 Å². The third-order valence-electron chi connectivity index (χ3n) is 4.33. The predicted molar refractivity (Wildman–Crippen MR) is 108 cm³/mol. The number of nitrogens with zero attached hydrogens (tertiary/aromatic N) is 2. The van der Waals surface area contributed by atoms with Crippen LogP contribution in [-0.2, 0) is 11.5 Å². The third-order valence-corrected chi connectivity index (χ3v) is 6.04. The average molecular weight is 368 g/mol. The van der Waals surface area contributed by atoms with E-state index in [1.165, 1.54) is 0 Å². The highest BCUT2D eigenvalue weighted by molar-refractivity contribution is 6.76. The number of carbonyl (C=O) groups excluding carboxylic acids is 1. The second kappa shape index (κ2) is 7.43. The van der Waals surface area contributed by atoms with E-state index >= 15 is 0 Å². The number of aromatic nitrogens is 2. The first-order valence-corrected chi connectivity index (χ1v) is 12.5. The minimum atomic E-state index is -1.08. The zero-order valence-electron chi connectivity index (χ0n) is 15.5. The van der Waals surface area contributed by atoms with Gasteiger partial charge in [-0.1, -0.05) is 37.8 Å². The molecule has 6 heteroatoms. The number of nitrogens with two attached hydrogens (primary N) is 1. The highest BCUT2D eigenvalue weighted by Gasteiger charge is 2.12. The topological polar surface area (TPSA) is 70.1 Å². The third kappa shape index (κ3) is 4.39. The van der Waals surface area contributed by atoms with E-state index in [1.807, 2.05) is 41.2 Å². The molecule has 2 aromatic carbocycles. The maximum Gasteiger partial charge on any atom is 0.248 e. The Morgan fingerprint density at radius 2 is 1.92 bits per heavy atom. The van der Waals surface area contributed by atoms with E-state index in [2.05, 4.69) is 30.8 Å². The number of benzene rings is 2. The Kier molecular flexibility index (Phi) is 5.25. The number of hydrogen-bond acceptors (Lipinski definition) is 3. The van der Waals surface area contributed by atoms with Crippen LogP contribution >= 0.6 is 0 Å². The Hall–Kier alpha value is -2.44. The zero-order chi connectivity index (χ0) is 18.7. The second-order valence-electron chi connectivity index (χ2n) is 7.71. The highest BCUT2D eigenvalue weighted by atomic mass is 28.3. The van der Waals surface area contributed by atoms with Crippen LogP contribution in [0.4, 0.5) is 0 Å². The highest BCUT2D eigenvalue weighted by Crippen LogP contribution is 2.25. The summed E-state index contributed by atoms with van der Waals surface area (Å²) < 4.78 is 7.68. The van der Waals surface area contributed by atoms with Crippen LogP contribution in [0.5, 0.6) is 0 Å². The first-order chi connectivity index (χ1) is 12.3. The van der Waals surface area contributed by atoms with Crippen LogP contribution in [0, 0.1) is 0 Å². The largest absolute Gasteiger partial charge is 0.366 e. The summed E-state index contributed by atoms with van der Waals surface area (Å²) in [6.07, 6.45) is 1.85. The number of amides is 1. The molecule has 0 aliphatic carbocycles. The van der Waals surface area contributed by atoms with Crippen molar-refractivity contribution in [1.29, 1.82) is 0 Å². The first-order valence-electron chi connectivity index (χ1n) is 8.77. The molecule has 0 spiro atoms. The number of rotatable bonds is 7. The van der Waals surface area contributed by atoms with Gasteiger partial charge in [-0.3, -0.25) is 4.79 Å². The lowest BCUT2D eigenvalue weighted by Crippen LogP contribution is -2.22. The molecule has 0 bridgehead atoms. The first kappa shape index (κ1) is 18.4. The van der Waals surface area contributed by atoms with Crippen molar-refractivity contribution in [3.8, 4) is 11.1 Å². The fourth-order valence-electron chi connectivity index (χ4n) is 2.75. The summed E-state index contributed by atoms with van der Waals surface area (Å²) in [5.41, 5.74) is 8.91. The Morgan fingerprint density at radius 3 is 2.65 bits per heavy atom. The van der Waals surface area contributed by atoms with Gasteiger partial charge in [-0.05, 0) is 41.4 Å². The van der Waals surface area contributed by atoms with E-state index < -0.39 is 14.0 Å². The van der Waals surface area contributed by atoms with Crippen molar-refractivity contribution in [2.75, 3.05) is 6.61 Å². The maximum absolute atomic E-state index is 11.4. The van der Waals surface area contributed by atoms with Crippen LogP contribution < -0.4 is 5.73 Å². The lowest BCUT2D eigenvalue weighted by atomic mass is 10.0. The van der Waals surface area contributed by atoms with Crippen LogP contribution in [0.2, 0.25) is 25.7 Å². The molecule has 0 saturated heterocycles. The number of ether oxygens (including phenoxy) is 1. The molecular weight excluding hydrogens is 342 g/mol. The molecule has 26 heavy (non-hydrogen) atoms. The van der Waals surface area contributed by atoms with Crippen LogP contribution in [0.1, 0.15) is 10.4 Å². The smallest absolute Gasteiger partial charge is 0.248 e. The number of primary amides is 1. The van der Waals surface area contributed by atoms with Crippen LogP contribution in [0.3, 0.4) is 0 Å². The molecular formula is C20H25N3O2Si. The molecule has 0 aliphatic rings. The SMILES string of the molecule is C[Si](C)(C)CCOCn1ncc2cc(-c3cccc(C(N)=O)c3)ccc21. The fourth-order valence-corrected chi connectivity index (χ4v) is 3.51. The van der Waals surface area contributed by atoms with E-state index in [9.17, 15) is 4.79 Å². The van der Waals surface area contributed by atoms with Gasteiger partial charge in [0.05, 0.1) is 11.7 Å². The van der Waals surface area contributed by atoms with Crippen molar-refractivity contribution in [3.63, 3.8) is 0 Å². The summed E-state index contributed by atoms with van der Waals surface area (Å²) in [5.74, 6) is -0.420. The molecule has 0 fully saturated rings. The molecule has 0 radical (unpaired) electrons. The van der Waals surface area contributed by atoms with Gasteiger partial charge in [-0.15, -0.1) is 0 Å². The molecule has 1 aromatic heterocycles. The molecule has 3 rings (SSSR count). The summed E-state index contributed by atoms with van der Waals surface area (Å²) in [4.78, 5) is 11.4. The Bertz CT molecular complexity index is 928. The van der Waals surface area contributed by atoms with E-state index in [-0.39, 0.29) is 0 Å². The molecule has 5 nitrogen and oxygen atoms in total. The quantitative estimate of drug-likeness (QED) is 0.504. The van der Waals surface area contributed by atoms with Crippen molar-refractivity contribution in [1.82, 2.24) is 9.78 Å². The van der Waals surface area contributed by atoms with Gasteiger partial charge in [0.1, 0.15) is 6.73 Å². The summed E-state index contributed by atoms with van der Waals surface area (Å²) >= 11 is 0. The molecule has 0 aliphatic heterocycles. The zero-order valence-corrected chi connectivity index (χ0v) is 16.5. The normalized spacial score (nSPS) is 11.8. The van der Waals surface area contributed by atoms with Gasteiger partial charge in [0.2, 0.25) is 5.91 Å². The lowest BCUT2D eigenvalue weighted by molar-refractivity contribution is 0.0817. The number of fused-ring (bicyclic) bond motifs is 1. The molecule has 1 amide bonds. The summed E-state index contributed by atoms with van der Waals surface area (Å²) in [5, 5.41) is 5.48. The minimum Gasteiger partial charge on any atom is -0.366 e. The molecule has 136 valence electrons. The van der Waals surface area contributed by atoms with E-state index in [0.29, 0.717) is 12.3 Å². The lowest BCUT2D eigenvalue weighted by Gasteiger charge is -2.15. The molecule has 2 N–H and O–H groups in total. The van der Waals surface area contributed by atoms with Crippen molar-refractivity contribution in [2.45, 2.75) is 32.4 Å². The second-order valence-corrected chi connectivity index (χ2v) is 13.3. The van der Waals surface area contributed by atoms with Crippen molar-refractivity contribution in [2.24, 2.45) is 5.73 Å². The molecule has 0 atom stereocenters. The van der Waals surface area contributed by atoms with Gasteiger partial charge in [0.15, 0.2) is 0 Å². The Balaban J connectivity index is 1.77. The van der Waals surface area contributed by atoms with Crippen LogP contribution in [0.25, 0.3) is 22.0 Å². The van der Waals surface area contributed by atoms with E-state index in [0.717, 1.165) is 34.7 Å². The van der Waals surface area contributed by atoms with Crippen LogP contribution in [-0.4, -0.2) is 30.4 Å². The predicted octanol–water partition coefficient (Wildman–Crippen LogP) is 4.11. The molecule has 1 heterocycles. The number of hydrogen-bond donors (Lipinski definition) is 1. The monoisotopic (exact) mass is 367 g/mol. The molecule has 0 saturated carbocycles. The average Bonchev–Trinajstić information content (AvgIpc) is 3.00. The van der Waals surface area contributed by atoms with E-state index in [4.69, 9.17) is 10.5 Å². The fraction of sp³-hybridized carbons (Fsp3) is 0.300.